The molecule has 3 aliphatic rings. The number of hydrogen-bond acceptors (Lipinski definition) is 6. The molecule has 4 aromatic carbocycles. The molecule has 226 valence electrons. The van der Waals surface area contributed by atoms with Gasteiger partial charge in [0.15, 0.2) is 17.3 Å². The molecule has 1 aliphatic carbocycles. The number of para-hydroxylation sites is 1. The van der Waals surface area contributed by atoms with Crippen LogP contribution in [0, 0.1) is 11.3 Å². The van der Waals surface area contributed by atoms with E-state index in [0.717, 1.165) is 23.2 Å². The number of hydrogen-bond donors (Lipinski definition) is 0. The van der Waals surface area contributed by atoms with E-state index in [1.54, 1.807) is 50.6 Å². The van der Waals surface area contributed by atoms with Crippen molar-refractivity contribution in [2.45, 2.75) is 38.3 Å². The second kappa shape index (κ2) is 10.9. The third kappa shape index (κ3) is 4.19. The summed E-state index contributed by atoms with van der Waals surface area (Å²) in [6.45, 7) is 4.33. The van der Waals surface area contributed by atoms with E-state index in [1.165, 1.54) is 0 Å². The van der Waals surface area contributed by atoms with Crippen LogP contribution in [0.15, 0.2) is 97.1 Å². The third-order valence-corrected chi connectivity index (χ3v) is 9.64. The van der Waals surface area contributed by atoms with Crippen molar-refractivity contribution in [3.63, 3.8) is 0 Å². The number of Topliss-reactive ketones (excluding diaryl/α,β-unsaturated/α-hetero) is 3. The predicted molar refractivity (Wildman–Crippen MR) is 175 cm³/mol. The lowest BCUT2D eigenvalue weighted by molar-refractivity contribution is 0.0665. The maximum Gasteiger partial charge on any atom is 0.185 e. The molecule has 2 aliphatic heterocycles. The largest absolute Gasteiger partial charge is 0.497 e. The van der Waals surface area contributed by atoms with Gasteiger partial charge in [-0.05, 0) is 35.6 Å². The van der Waals surface area contributed by atoms with Crippen LogP contribution in [0.5, 0.6) is 11.5 Å². The summed E-state index contributed by atoms with van der Waals surface area (Å²) < 4.78 is 11.4. The van der Waals surface area contributed by atoms with Gasteiger partial charge in [-0.15, -0.1) is 0 Å². The Morgan fingerprint density at radius 3 is 2.16 bits per heavy atom. The van der Waals surface area contributed by atoms with Gasteiger partial charge in [-0.1, -0.05) is 98.8 Å². The van der Waals surface area contributed by atoms with Crippen molar-refractivity contribution in [2.24, 2.45) is 11.3 Å². The molecular formula is C39H35NO5. The van der Waals surface area contributed by atoms with Crippen molar-refractivity contribution >= 4 is 29.1 Å². The Balaban J connectivity index is 1.51. The van der Waals surface area contributed by atoms with Gasteiger partial charge in [-0.3, -0.25) is 14.4 Å². The molecule has 0 aromatic heterocycles. The normalized spacial score (nSPS) is 20.7. The van der Waals surface area contributed by atoms with Crippen molar-refractivity contribution < 1.29 is 23.9 Å². The summed E-state index contributed by atoms with van der Waals surface area (Å²) in [5.74, 6) is -0.0577. The smallest absolute Gasteiger partial charge is 0.185 e. The molecule has 0 amide bonds. The maximum absolute atomic E-state index is 15.0. The predicted octanol–water partition coefficient (Wildman–Crippen LogP) is 7.22. The highest BCUT2D eigenvalue weighted by molar-refractivity contribution is 6.32. The van der Waals surface area contributed by atoms with Crippen LogP contribution in [0.1, 0.15) is 67.5 Å². The quantitative estimate of drug-likeness (QED) is 0.166. The van der Waals surface area contributed by atoms with E-state index in [1.807, 2.05) is 71.6 Å². The van der Waals surface area contributed by atoms with E-state index >= 15 is 4.79 Å². The zero-order valence-electron chi connectivity index (χ0n) is 25.8. The molecule has 0 bridgehead atoms. The topological polar surface area (TPSA) is 72.9 Å². The first-order chi connectivity index (χ1) is 21.8. The van der Waals surface area contributed by atoms with Crippen molar-refractivity contribution in [3.8, 4) is 11.5 Å². The number of ketones is 3. The lowest BCUT2D eigenvalue weighted by atomic mass is 9.64. The molecule has 1 fully saturated rings. The number of benzene rings is 4. The number of carbonyl (C=O) groups excluding carboxylic acids is 3. The van der Waals surface area contributed by atoms with Gasteiger partial charge in [-0.25, -0.2) is 0 Å². The van der Waals surface area contributed by atoms with Gasteiger partial charge in [0, 0.05) is 39.9 Å². The van der Waals surface area contributed by atoms with E-state index in [-0.39, 0.29) is 17.3 Å². The molecule has 3 unspecified atom stereocenters. The third-order valence-electron chi connectivity index (χ3n) is 9.64. The van der Waals surface area contributed by atoms with Crippen molar-refractivity contribution in [1.29, 1.82) is 0 Å². The molecule has 1 saturated heterocycles. The number of fused-ring (bicyclic) bond motifs is 5. The standard InChI is InChI=1S/C39H35NO5/c1-23(2)21-24-13-15-26(16-14-24)36(41)35-34(30-19-18-27(44-3)22-32(30)45-4)39(37(42)28-10-6-7-11-29(28)38(39)43)33-20-17-25-9-5-8-12-31(25)40(33)35/h5-20,22-23,33-35H,21H2,1-4H3. The van der Waals surface area contributed by atoms with Gasteiger partial charge in [0.25, 0.3) is 0 Å². The molecule has 0 saturated carbocycles. The van der Waals surface area contributed by atoms with Crippen LogP contribution < -0.4 is 14.4 Å². The van der Waals surface area contributed by atoms with Crippen LogP contribution in [-0.4, -0.2) is 43.7 Å². The summed E-state index contributed by atoms with van der Waals surface area (Å²) in [7, 11) is 3.13. The number of carbonyl (C=O) groups is 3. The number of anilines is 1. The van der Waals surface area contributed by atoms with Crippen LogP contribution >= 0.6 is 0 Å². The Morgan fingerprint density at radius 2 is 1.51 bits per heavy atom. The summed E-state index contributed by atoms with van der Waals surface area (Å²) in [4.78, 5) is 46.8. The molecule has 0 N–H and O–H groups in total. The Bertz CT molecular complexity index is 1840. The highest BCUT2D eigenvalue weighted by Crippen LogP contribution is 2.62. The number of ether oxygens (including phenoxy) is 2. The first-order valence-corrected chi connectivity index (χ1v) is 15.4. The molecule has 0 radical (unpaired) electrons. The fourth-order valence-corrected chi connectivity index (χ4v) is 7.78. The number of rotatable bonds is 7. The van der Waals surface area contributed by atoms with Gasteiger partial charge in [-0.2, -0.15) is 0 Å². The highest BCUT2D eigenvalue weighted by atomic mass is 16.5. The number of methoxy groups -OCH3 is 2. The van der Waals surface area contributed by atoms with E-state index in [4.69, 9.17) is 9.47 Å². The van der Waals surface area contributed by atoms with E-state index in [0.29, 0.717) is 39.7 Å². The second-order valence-corrected chi connectivity index (χ2v) is 12.5. The van der Waals surface area contributed by atoms with Gasteiger partial charge < -0.3 is 14.4 Å². The minimum Gasteiger partial charge on any atom is -0.497 e. The molecule has 7 rings (SSSR count). The van der Waals surface area contributed by atoms with Crippen LogP contribution in [-0.2, 0) is 6.42 Å². The molecular weight excluding hydrogens is 562 g/mol. The second-order valence-electron chi connectivity index (χ2n) is 12.5. The summed E-state index contributed by atoms with van der Waals surface area (Å²) in [5, 5.41) is 0. The molecule has 6 nitrogen and oxygen atoms in total. The van der Waals surface area contributed by atoms with E-state index in [9.17, 15) is 9.59 Å². The maximum atomic E-state index is 15.0. The molecule has 3 atom stereocenters. The average molecular weight is 598 g/mol. The van der Waals surface area contributed by atoms with E-state index < -0.39 is 23.4 Å². The molecule has 6 heteroatoms. The average Bonchev–Trinajstić information content (AvgIpc) is 3.50. The first-order valence-electron chi connectivity index (χ1n) is 15.4. The number of nitrogens with zero attached hydrogens (tertiary/aromatic N) is 1. The fourth-order valence-electron chi connectivity index (χ4n) is 7.78. The Labute approximate surface area is 263 Å². The van der Waals surface area contributed by atoms with Crippen molar-refractivity contribution in [3.05, 3.63) is 130 Å². The van der Waals surface area contributed by atoms with Crippen LogP contribution in [0.25, 0.3) is 6.08 Å². The fraction of sp³-hybridized carbons (Fsp3) is 0.256. The Kier molecular flexibility index (Phi) is 6.96. The lowest BCUT2D eigenvalue weighted by Crippen LogP contribution is -2.48. The zero-order valence-corrected chi connectivity index (χ0v) is 25.8. The molecule has 45 heavy (non-hydrogen) atoms. The van der Waals surface area contributed by atoms with Gasteiger partial charge in [0.1, 0.15) is 23.0 Å². The molecule has 2 heterocycles. The SMILES string of the molecule is COc1ccc(C2C(C(=O)c3ccc(CC(C)C)cc3)N3c4ccccc4C=CC3C23C(=O)c2ccccc2C3=O)c(OC)c1. The highest BCUT2D eigenvalue weighted by Gasteiger charge is 2.72. The van der Waals surface area contributed by atoms with Crippen LogP contribution in [0.3, 0.4) is 0 Å². The summed E-state index contributed by atoms with van der Waals surface area (Å²) >= 11 is 0. The van der Waals surface area contributed by atoms with Crippen LogP contribution in [0.2, 0.25) is 0 Å². The van der Waals surface area contributed by atoms with Gasteiger partial charge in [0.05, 0.1) is 20.3 Å². The van der Waals surface area contributed by atoms with Gasteiger partial charge in [0.2, 0.25) is 0 Å². The Hall–Kier alpha value is -4.97. The first kappa shape index (κ1) is 28.8. The van der Waals surface area contributed by atoms with Crippen molar-refractivity contribution in [2.75, 3.05) is 19.1 Å². The Morgan fingerprint density at radius 1 is 0.844 bits per heavy atom. The zero-order chi connectivity index (χ0) is 31.5. The van der Waals surface area contributed by atoms with Crippen LogP contribution in [0.4, 0.5) is 5.69 Å². The monoisotopic (exact) mass is 597 g/mol. The van der Waals surface area contributed by atoms with Gasteiger partial charge >= 0.3 is 0 Å². The summed E-state index contributed by atoms with van der Waals surface area (Å²) in [6, 6.07) is 26.4. The minimum atomic E-state index is -1.60. The molecule has 1 spiro atoms. The van der Waals surface area contributed by atoms with Crippen molar-refractivity contribution in [1.82, 2.24) is 0 Å². The minimum absolute atomic E-state index is 0.155. The van der Waals surface area contributed by atoms with E-state index in [2.05, 4.69) is 13.8 Å². The lowest BCUT2D eigenvalue weighted by Gasteiger charge is -2.37. The molecule has 4 aromatic rings. The summed E-state index contributed by atoms with van der Waals surface area (Å²) in [5.41, 5.74) is 3.20. The summed E-state index contributed by atoms with van der Waals surface area (Å²) in [6.07, 6.45) is 4.81.